The number of ether oxygens (including phenoxy) is 1. The van der Waals surface area contributed by atoms with Crippen LogP contribution in [0.1, 0.15) is 13.8 Å². The van der Waals surface area contributed by atoms with E-state index in [-0.39, 0.29) is 0 Å². The summed E-state index contributed by atoms with van der Waals surface area (Å²) >= 11 is 0. The Morgan fingerprint density at radius 3 is 2.00 bits per heavy atom. The van der Waals surface area contributed by atoms with Gasteiger partial charge in [-0.1, -0.05) is 13.8 Å². The Labute approximate surface area is 93.7 Å². The number of hydrogen-bond donors (Lipinski definition) is 0. The lowest BCUT2D eigenvalue weighted by Crippen LogP contribution is -2.52. The lowest BCUT2D eigenvalue weighted by molar-refractivity contribution is 0.0227. The second kappa shape index (κ2) is 6.60. The normalized spacial score (nSPS) is 22.4. The Morgan fingerprint density at radius 2 is 1.53 bits per heavy atom. The largest absolute Gasteiger partial charge is 0.391 e. The summed E-state index contributed by atoms with van der Waals surface area (Å²) in [5.74, 6) is 0. The lowest BCUT2D eigenvalue weighted by Gasteiger charge is -2.33. The summed E-state index contributed by atoms with van der Waals surface area (Å²) in [5, 5.41) is 0. The molecule has 0 bridgehead atoms. The second-order valence-electron chi connectivity index (χ2n) is 3.90. The highest BCUT2D eigenvalue weighted by atomic mass is 28.4. The number of nitrogens with zero attached hydrogens (tertiary/aromatic N) is 1. The number of rotatable bonds is 4. The first kappa shape index (κ1) is 13.1. The lowest BCUT2D eigenvalue weighted by atomic mass is 10.6. The minimum atomic E-state index is -1.98. The van der Waals surface area contributed by atoms with Crippen molar-refractivity contribution in [3.63, 3.8) is 0 Å². The van der Waals surface area contributed by atoms with Crippen LogP contribution in [-0.2, 0) is 13.6 Å². The second-order valence-corrected chi connectivity index (χ2v) is 7.07. The third-order valence-electron chi connectivity index (χ3n) is 2.68. The molecule has 0 amide bonds. The van der Waals surface area contributed by atoms with Crippen LogP contribution in [0, 0.1) is 0 Å². The van der Waals surface area contributed by atoms with Crippen molar-refractivity contribution in [2.24, 2.45) is 0 Å². The van der Waals surface area contributed by atoms with Gasteiger partial charge in [0.15, 0.2) is 0 Å². The van der Waals surface area contributed by atoms with Crippen molar-refractivity contribution in [1.29, 1.82) is 0 Å². The van der Waals surface area contributed by atoms with Crippen LogP contribution in [-0.4, -0.2) is 59.1 Å². The van der Waals surface area contributed by atoms with E-state index < -0.39 is 8.56 Å². The fourth-order valence-electron chi connectivity index (χ4n) is 1.72. The fourth-order valence-corrected chi connectivity index (χ4v) is 4.28. The van der Waals surface area contributed by atoms with Crippen LogP contribution < -0.4 is 0 Å². The highest BCUT2D eigenvalue weighted by molar-refractivity contribution is 6.66. The Kier molecular flexibility index (Phi) is 5.77. The molecule has 90 valence electrons. The molecule has 0 atom stereocenters. The first-order chi connectivity index (χ1) is 7.20. The van der Waals surface area contributed by atoms with Gasteiger partial charge in [-0.3, -0.25) is 0 Å². The molecule has 1 aliphatic rings. The summed E-state index contributed by atoms with van der Waals surface area (Å²) in [4.78, 5) is 2.37. The molecule has 0 spiro atoms. The van der Waals surface area contributed by atoms with Crippen molar-refractivity contribution in [3.8, 4) is 0 Å². The Morgan fingerprint density at radius 1 is 1.00 bits per heavy atom. The van der Waals surface area contributed by atoms with E-state index >= 15 is 0 Å². The molecule has 0 aromatic carbocycles. The molecule has 1 heterocycles. The molecular weight excluding hydrogens is 210 g/mol. The molecule has 0 aromatic heterocycles. The molecule has 1 aliphatic heterocycles. The van der Waals surface area contributed by atoms with Gasteiger partial charge in [0.2, 0.25) is 0 Å². The predicted molar refractivity (Wildman–Crippen MR) is 62.1 cm³/mol. The van der Waals surface area contributed by atoms with E-state index in [0.717, 1.165) is 19.3 Å². The van der Waals surface area contributed by atoms with Crippen molar-refractivity contribution >= 4 is 8.56 Å². The quantitative estimate of drug-likeness (QED) is 0.678. The van der Waals surface area contributed by atoms with Crippen molar-refractivity contribution < 1.29 is 13.6 Å². The topological polar surface area (TPSA) is 30.9 Å². The van der Waals surface area contributed by atoms with Gasteiger partial charge in [0, 0.05) is 6.17 Å². The maximum absolute atomic E-state index is 5.85. The highest BCUT2D eigenvalue weighted by Gasteiger charge is 2.34. The Bertz CT molecular complexity index is 168. The van der Waals surface area contributed by atoms with E-state index in [4.69, 9.17) is 13.6 Å². The molecule has 1 fully saturated rings. The molecule has 1 saturated heterocycles. The van der Waals surface area contributed by atoms with Crippen molar-refractivity contribution in [2.75, 3.05) is 45.7 Å². The van der Waals surface area contributed by atoms with Crippen molar-refractivity contribution in [3.05, 3.63) is 0 Å². The summed E-state index contributed by atoms with van der Waals surface area (Å²) in [6.07, 6.45) is 0.958. The third-order valence-corrected chi connectivity index (χ3v) is 5.33. The summed E-state index contributed by atoms with van der Waals surface area (Å²) in [6.45, 7) is 11.4. The fraction of sp³-hybridized carbons (Fsp3) is 1.00. The van der Waals surface area contributed by atoms with Crippen molar-refractivity contribution in [2.45, 2.75) is 20.4 Å². The van der Waals surface area contributed by atoms with Crippen LogP contribution in [0.25, 0.3) is 0 Å². The maximum atomic E-state index is 5.85. The van der Waals surface area contributed by atoms with Gasteiger partial charge in [-0.2, -0.15) is 0 Å². The van der Waals surface area contributed by atoms with Gasteiger partial charge in [-0.15, -0.1) is 0 Å². The van der Waals surface area contributed by atoms with E-state index in [2.05, 4.69) is 25.3 Å². The molecule has 0 saturated carbocycles. The van der Waals surface area contributed by atoms with Crippen LogP contribution in [0.15, 0.2) is 0 Å². The first-order valence-electron chi connectivity index (χ1n) is 5.78. The van der Waals surface area contributed by atoms with E-state index in [1.165, 1.54) is 0 Å². The molecule has 0 N–H and O–H groups in total. The highest BCUT2D eigenvalue weighted by Crippen LogP contribution is 2.11. The van der Waals surface area contributed by atoms with Crippen LogP contribution in [0.2, 0.25) is 6.55 Å². The van der Waals surface area contributed by atoms with Gasteiger partial charge in [0.1, 0.15) is 0 Å². The average Bonchev–Trinajstić information content (AvgIpc) is 2.21. The van der Waals surface area contributed by atoms with E-state index in [1.807, 2.05) is 0 Å². The van der Waals surface area contributed by atoms with Gasteiger partial charge >= 0.3 is 8.56 Å². The number of hydrogen-bond acceptors (Lipinski definition) is 4. The van der Waals surface area contributed by atoms with Gasteiger partial charge < -0.3 is 18.5 Å². The standard InChI is InChI=1S/C10H23NO3Si/c1-4-11(5-2)10-15(3)13-8-6-12-7-9-14-15/h4-10H2,1-3H3. The zero-order chi connectivity index (χ0) is 11.1. The van der Waals surface area contributed by atoms with Crippen molar-refractivity contribution in [1.82, 2.24) is 4.90 Å². The summed E-state index contributed by atoms with van der Waals surface area (Å²) < 4.78 is 17.0. The molecule has 0 radical (unpaired) electrons. The van der Waals surface area contributed by atoms with Gasteiger partial charge in [0.25, 0.3) is 0 Å². The zero-order valence-corrected chi connectivity index (χ0v) is 11.1. The molecule has 4 nitrogen and oxygen atoms in total. The smallest absolute Gasteiger partial charge is 0.349 e. The Hall–Kier alpha value is 0.0569. The molecule has 15 heavy (non-hydrogen) atoms. The van der Waals surface area contributed by atoms with E-state index in [0.29, 0.717) is 26.4 Å². The van der Waals surface area contributed by atoms with Gasteiger partial charge in [-0.05, 0) is 19.6 Å². The van der Waals surface area contributed by atoms with Crippen LogP contribution in [0.4, 0.5) is 0 Å². The minimum absolute atomic E-state index is 0.671. The summed E-state index contributed by atoms with van der Waals surface area (Å²) in [7, 11) is -1.98. The Balaban J connectivity index is 2.45. The molecule has 0 unspecified atom stereocenters. The maximum Gasteiger partial charge on any atom is 0.349 e. The van der Waals surface area contributed by atoms with Gasteiger partial charge in [-0.25, -0.2) is 0 Å². The predicted octanol–water partition coefficient (Wildman–Crippen LogP) is 1.00. The minimum Gasteiger partial charge on any atom is -0.391 e. The monoisotopic (exact) mass is 233 g/mol. The SMILES string of the molecule is CCN(CC)C[Si]1(C)OCCOCCO1. The average molecular weight is 233 g/mol. The van der Waals surface area contributed by atoms with E-state index in [1.54, 1.807) is 0 Å². The van der Waals surface area contributed by atoms with Crippen LogP contribution >= 0.6 is 0 Å². The molecule has 1 rings (SSSR count). The zero-order valence-electron chi connectivity index (χ0n) is 10.1. The van der Waals surface area contributed by atoms with Crippen LogP contribution in [0.3, 0.4) is 0 Å². The van der Waals surface area contributed by atoms with Crippen LogP contribution in [0.5, 0.6) is 0 Å². The molecule has 0 aliphatic carbocycles. The van der Waals surface area contributed by atoms with Gasteiger partial charge in [0.05, 0.1) is 26.4 Å². The molecular formula is C10H23NO3Si. The van der Waals surface area contributed by atoms with E-state index in [9.17, 15) is 0 Å². The summed E-state index contributed by atoms with van der Waals surface area (Å²) in [6, 6.07) is 0. The first-order valence-corrected chi connectivity index (χ1v) is 8.30. The third kappa shape index (κ3) is 4.61. The molecule has 0 aromatic rings. The summed E-state index contributed by atoms with van der Waals surface area (Å²) in [5.41, 5.74) is 0. The molecule has 5 heteroatoms.